The number of esters is 1. The van der Waals surface area contributed by atoms with Gasteiger partial charge in [-0.15, -0.1) is 0 Å². The second kappa shape index (κ2) is 36.8. The number of nitrogens with zero attached hydrogens (tertiary/aromatic N) is 1. The van der Waals surface area contributed by atoms with E-state index in [1.54, 1.807) is 0 Å². The van der Waals surface area contributed by atoms with Gasteiger partial charge in [0.25, 0.3) is 0 Å². The summed E-state index contributed by atoms with van der Waals surface area (Å²) in [5.74, 6) is 0.544. The predicted molar refractivity (Wildman–Crippen MR) is 217 cm³/mol. The van der Waals surface area contributed by atoms with Gasteiger partial charge < -0.3 is 34.0 Å². The lowest BCUT2D eigenvalue weighted by molar-refractivity contribution is -0.896. The van der Waals surface area contributed by atoms with Crippen molar-refractivity contribution >= 4 is 5.97 Å². The van der Waals surface area contributed by atoms with Crippen molar-refractivity contribution in [2.75, 3.05) is 53.6 Å². The topological polar surface area (TPSA) is 105 Å². The zero-order chi connectivity index (χ0) is 38.5. The van der Waals surface area contributed by atoms with Gasteiger partial charge in [0.05, 0.1) is 39.7 Å². The van der Waals surface area contributed by atoms with Gasteiger partial charge in [0.2, 0.25) is 0 Å². The zero-order valence-electron chi connectivity index (χ0n) is 34.9. The van der Waals surface area contributed by atoms with Crippen molar-refractivity contribution in [1.29, 1.82) is 0 Å². The molecular weight excluding hydrogens is 654 g/mol. The van der Waals surface area contributed by atoms with E-state index in [2.05, 4.69) is 20.4 Å². The Labute approximate surface area is 322 Å². The fourth-order valence-electron chi connectivity index (χ4n) is 6.95. The number of ether oxygens (including phenoxy) is 3. The molecule has 0 radical (unpaired) electrons. The molecule has 0 fully saturated rings. The highest BCUT2D eigenvalue weighted by Gasteiger charge is 2.28. The number of aliphatic hydroxyl groups excluding tert-OH is 3. The van der Waals surface area contributed by atoms with Crippen molar-refractivity contribution in [3.8, 4) is 0 Å². The SMILES string of the molecule is C=C(CCCCCCCCCCCCCCC)OC(COC(=O)CCCCCCCCCCCCCCC)C[N+](C)(C)CC(O)COCC(O)CO. The van der Waals surface area contributed by atoms with Crippen molar-refractivity contribution in [2.24, 2.45) is 0 Å². The van der Waals surface area contributed by atoms with Gasteiger partial charge in [-0.3, -0.25) is 4.79 Å². The Kier molecular flexibility index (Phi) is 35.9. The minimum atomic E-state index is -0.956. The summed E-state index contributed by atoms with van der Waals surface area (Å²) in [5.41, 5.74) is 0. The fraction of sp³-hybridized carbons (Fsp3) is 0.932. The van der Waals surface area contributed by atoms with Crippen molar-refractivity contribution < 1.29 is 38.8 Å². The zero-order valence-corrected chi connectivity index (χ0v) is 34.9. The van der Waals surface area contributed by atoms with Gasteiger partial charge in [-0.2, -0.15) is 0 Å². The first-order valence-electron chi connectivity index (χ1n) is 22.0. The van der Waals surface area contributed by atoms with Gasteiger partial charge in [-0.05, 0) is 12.8 Å². The summed E-state index contributed by atoms with van der Waals surface area (Å²) < 4.78 is 17.8. The quantitative estimate of drug-likeness (QED) is 0.0248. The Morgan fingerprint density at radius 3 is 1.37 bits per heavy atom. The molecule has 0 saturated heterocycles. The molecule has 0 aromatic carbocycles. The van der Waals surface area contributed by atoms with Crippen LogP contribution in [0.2, 0.25) is 0 Å². The number of carbonyl (C=O) groups is 1. The van der Waals surface area contributed by atoms with Crippen LogP contribution >= 0.6 is 0 Å². The van der Waals surface area contributed by atoms with Crippen molar-refractivity contribution in [3.63, 3.8) is 0 Å². The minimum absolute atomic E-state index is 0.0268. The van der Waals surface area contributed by atoms with Crippen LogP contribution in [0.5, 0.6) is 0 Å². The van der Waals surface area contributed by atoms with Gasteiger partial charge in [0, 0.05) is 12.8 Å². The summed E-state index contributed by atoms with van der Waals surface area (Å²) in [6.07, 6.45) is 32.7. The van der Waals surface area contributed by atoms with Crippen LogP contribution in [0.25, 0.3) is 0 Å². The third-order valence-electron chi connectivity index (χ3n) is 10.0. The molecule has 0 heterocycles. The molecule has 0 saturated carbocycles. The molecule has 0 rings (SSSR count). The first kappa shape index (κ1) is 50.8. The lowest BCUT2D eigenvalue weighted by Gasteiger charge is -2.35. The van der Waals surface area contributed by atoms with Crippen molar-refractivity contribution in [1.82, 2.24) is 0 Å². The van der Waals surface area contributed by atoms with Gasteiger partial charge >= 0.3 is 5.97 Å². The van der Waals surface area contributed by atoms with Gasteiger partial charge in [0.1, 0.15) is 31.9 Å². The maximum absolute atomic E-state index is 12.7. The number of rotatable bonds is 41. The van der Waals surface area contributed by atoms with Crippen molar-refractivity contribution in [2.45, 2.75) is 212 Å². The maximum Gasteiger partial charge on any atom is 0.305 e. The van der Waals surface area contributed by atoms with E-state index in [1.165, 1.54) is 141 Å². The van der Waals surface area contributed by atoms with Crippen LogP contribution in [-0.4, -0.2) is 97.7 Å². The summed E-state index contributed by atoms with van der Waals surface area (Å²) in [4.78, 5) is 12.7. The van der Waals surface area contributed by atoms with Crippen LogP contribution < -0.4 is 0 Å². The molecule has 310 valence electrons. The molecule has 0 aromatic rings. The van der Waals surface area contributed by atoms with Crippen LogP contribution in [0, 0.1) is 0 Å². The van der Waals surface area contributed by atoms with E-state index in [1.807, 2.05) is 14.1 Å². The van der Waals surface area contributed by atoms with E-state index in [-0.39, 0.29) is 38.5 Å². The molecule has 0 bridgehead atoms. The predicted octanol–water partition coefficient (Wildman–Crippen LogP) is 10.2. The average Bonchev–Trinajstić information content (AvgIpc) is 3.10. The largest absolute Gasteiger partial charge is 0.486 e. The van der Waals surface area contributed by atoms with Gasteiger partial charge in [-0.1, -0.05) is 175 Å². The number of allylic oxidation sites excluding steroid dienone is 1. The molecule has 8 heteroatoms. The summed E-state index contributed by atoms with van der Waals surface area (Å²) >= 11 is 0. The van der Waals surface area contributed by atoms with E-state index >= 15 is 0 Å². The molecule has 0 aromatic heterocycles. The van der Waals surface area contributed by atoms with Crippen LogP contribution in [0.1, 0.15) is 194 Å². The average molecular weight is 743 g/mol. The first-order valence-corrected chi connectivity index (χ1v) is 22.0. The summed E-state index contributed by atoms with van der Waals surface area (Å²) in [5, 5.41) is 29.1. The Bertz CT molecular complexity index is 793. The van der Waals surface area contributed by atoms with Gasteiger partial charge in [-0.25, -0.2) is 0 Å². The molecule has 0 aliphatic heterocycles. The Morgan fingerprint density at radius 1 is 0.558 bits per heavy atom. The Morgan fingerprint density at radius 2 is 0.942 bits per heavy atom. The lowest BCUT2D eigenvalue weighted by atomic mass is 10.0. The number of carbonyl (C=O) groups excluding carboxylic acids is 1. The first-order chi connectivity index (χ1) is 25.1. The standard InChI is InChI=1S/C44H88NO7/c1-6-8-10-12-14-16-18-20-22-24-26-28-30-32-40(3)52-43(35-45(4,5)34-41(47)37-50-38-42(48)36-46)39-51-44(49)33-31-29-27-25-23-21-19-17-15-13-11-9-7-2/h41-43,46-48H,3,6-39H2,1-2,4-5H3/q+1. The fourth-order valence-corrected chi connectivity index (χ4v) is 6.95. The number of quaternary nitrogens is 1. The number of hydrogen-bond acceptors (Lipinski definition) is 7. The lowest BCUT2D eigenvalue weighted by Crippen LogP contribution is -2.52. The van der Waals surface area contributed by atoms with E-state index in [4.69, 9.17) is 19.3 Å². The number of aliphatic hydroxyl groups is 3. The van der Waals surface area contributed by atoms with E-state index in [0.29, 0.717) is 24.0 Å². The van der Waals surface area contributed by atoms with Gasteiger partial charge in [0.15, 0.2) is 6.10 Å². The van der Waals surface area contributed by atoms with Crippen molar-refractivity contribution in [3.05, 3.63) is 12.3 Å². The maximum atomic E-state index is 12.7. The van der Waals surface area contributed by atoms with Crippen LogP contribution in [0.3, 0.4) is 0 Å². The molecule has 0 aliphatic carbocycles. The molecule has 52 heavy (non-hydrogen) atoms. The molecular formula is C44H88NO7+. The minimum Gasteiger partial charge on any atom is -0.486 e. The summed E-state index contributed by atoms with van der Waals surface area (Å²) in [6, 6.07) is 0. The summed E-state index contributed by atoms with van der Waals surface area (Å²) in [6.45, 7) is 9.48. The highest BCUT2D eigenvalue weighted by Crippen LogP contribution is 2.18. The smallest absolute Gasteiger partial charge is 0.305 e. The highest BCUT2D eigenvalue weighted by atomic mass is 16.6. The molecule has 0 aliphatic rings. The van der Waals surface area contributed by atoms with E-state index in [0.717, 1.165) is 37.9 Å². The highest BCUT2D eigenvalue weighted by molar-refractivity contribution is 5.69. The molecule has 3 N–H and O–H groups in total. The third kappa shape index (κ3) is 35.8. The second-order valence-corrected chi connectivity index (χ2v) is 16.3. The van der Waals surface area contributed by atoms with E-state index in [9.17, 15) is 15.0 Å². The van der Waals surface area contributed by atoms with Crippen LogP contribution in [-0.2, 0) is 19.0 Å². The molecule has 3 atom stereocenters. The van der Waals surface area contributed by atoms with Crippen LogP contribution in [0.15, 0.2) is 12.3 Å². The molecule has 0 amide bonds. The molecule has 0 spiro atoms. The monoisotopic (exact) mass is 743 g/mol. The van der Waals surface area contributed by atoms with E-state index < -0.39 is 12.2 Å². The number of unbranched alkanes of at least 4 members (excludes halogenated alkanes) is 24. The Balaban J connectivity index is 4.51. The summed E-state index contributed by atoms with van der Waals surface area (Å²) in [7, 11) is 4.01. The number of hydrogen-bond donors (Lipinski definition) is 3. The third-order valence-corrected chi connectivity index (χ3v) is 10.0. The Hall–Kier alpha value is -1.19. The number of likely N-dealkylation sites (N-methyl/N-ethyl adjacent to an activating group) is 1. The normalized spacial score (nSPS) is 13.6. The second-order valence-electron chi connectivity index (χ2n) is 16.3. The molecule has 8 nitrogen and oxygen atoms in total. The van der Waals surface area contributed by atoms with Crippen LogP contribution in [0.4, 0.5) is 0 Å². The molecule has 3 unspecified atom stereocenters.